The lowest BCUT2D eigenvalue weighted by Gasteiger charge is -2.11. The number of rotatable bonds is 5. The topological polar surface area (TPSA) is 101 Å². The average molecular weight is 389 g/mol. The molecular weight excluding hydrogens is 374 g/mol. The molecule has 0 atom stereocenters. The van der Waals surface area contributed by atoms with Gasteiger partial charge in [0.1, 0.15) is 23.0 Å². The molecule has 138 valence electrons. The predicted molar refractivity (Wildman–Crippen MR) is 107 cm³/mol. The van der Waals surface area contributed by atoms with E-state index in [-0.39, 0.29) is 22.8 Å². The fraction of sp³-hybridized carbons (Fsp3) is 0.0500. The number of hydrogen-bond donors (Lipinski definition) is 1. The molecule has 0 spiro atoms. The third kappa shape index (κ3) is 2.88. The zero-order valence-corrected chi connectivity index (χ0v) is 15.5. The van der Waals surface area contributed by atoms with Crippen LogP contribution in [0, 0.1) is 11.3 Å². The summed E-state index contributed by atoms with van der Waals surface area (Å²) in [6.07, 6.45) is 1.61. The first-order valence-electron chi connectivity index (χ1n) is 8.43. The second kappa shape index (κ2) is 6.79. The summed E-state index contributed by atoms with van der Waals surface area (Å²) >= 11 is 0. The molecule has 0 fully saturated rings. The van der Waals surface area contributed by atoms with Crippen molar-refractivity contribution >= 4 is 38.0 Å². The van der Waals surface area contributed by atoms with Crippen molar-refractivity contribution in [2.45, 2.75) is 11.4 Å². The molecule has 0 saturated carbocycles. The van der Waals surface area contributed by atoms with Gasteiger partial charge in [0.25, 0.3) is 10.0 Å². The molecule has 0 amide bonds. The number of para-hydroxylation sites is 2. The van der Waals surface area contributed by atoms with Crippen molar-refractivity contribution in [3.8, 4) is 6.07 Å². The van der Waals surface area contributed by atoms with Gasteiger partial charge in [-0.25, -0.2) is 18.4 Å². The van der Waals surface area contributed by atoms with Crippen molar-refractivity contribution in [2.24, 2.45) is 0 Å². The van der Waals surface area contributed by atoms with Gasteiger partial charge in [0.2, 0.25) is 0 Å². The summed E-state index contributed by atoms with van der Waals surface area (Å²) in [4.78, 5) is 9.23. The highest BCUT2D eigenvalue weighted by molar-refractivity contribution is 7.92. The number of nitrogens with one attached hydrogen (secondary N) is 1. The Kier molecular flexibility index (Phi) is 4.29. The van der Waals surface area contributed by atoms with E-state index in [0.29, 0.717) is 22.2 Å². The van der Waals surface area contributed by atoms with Gasteiger partial charge < -0.3 is 4.57 Å². The molecular formula is C20H15N5O2S. The summed E-state index contributed by atoms with van der Waals surface area (Å²) in [6, 6.07) is 17.3. The Hall–Kier alpha value is -3.70. The van der Waals surface area contributed by atoms with E-state index < -0.39 is 10.0 Å². The van der Waals surface area contributed by atoms with Crippen molar-refractivity contribution in [3.05, 3.63) is 72.8 Å². The first-order valence-corrected chi connectivity index (χ1v) is 9.91. The van der Waals surface area contributed by atoms with E-state index in [1.807, 2.05) is 18.2 Å². The van der Waals surface area contributed by atoms with Crippen LogP contribution in [-0.2, 0) is 16.6 Å². The fourth-order valence-corrected chi connectivity index (χ4v) is 4.10. The van der Waals surface area contributed by atoms with Crippen LogP contribution in [0.4, 0.5) is 5.82 Å². The molecule has 8 heteroatoms. The zero-order chi connectivity index (χ0) is 19.7. The number of fused-ring (bicyclic) bond motifs is 2. The minimum Gasteiger partial charge on any atom is -0.305 e. The Morgan fingerprint density at radius 1 is 1.07 bits per heavy atom. The minimum absolute atomic E-state index is 0.0976. The molecule has 2 aromatic carbocycles. The van der Waals surface area contributed by atoms with Gasteiger partial charge in [-0.3, -0.25) is 4.72 Å². The molecule has 0 radical (unpaired) electrons. The largest absolute Gasteiger partial charge is 0.305 e. The van der Waals surface area contributed by atoms with Crippen LogP contribution in [0.5, 0.6) is 0 Å². The second-order valence-corrected chi connectivity index (χ2v) is 7.72. The highest BCUT2D eigenvalue weighted by atomic mass is 32.2. The van der Waals surface area contributed by atoms with E-state index in [1.54, 1.807) is 34.9 Å². The number of allylic oxidation sites excluding steroid dienone is 1. The monoisotopic (exact) mass is 389 g/mol. The first-order chi connectivity index (χ1) is 13.5. The minimum atomic E-state index is -3.89. The fourth-order valence-electron chi connectivity index (χ4n) is 3.00. The van der Waals surface area contributed by atoms with Gasteiger partial charge in [-0.05, 0) is 24.3 Å². The van der Waals surface area contributed by atoms with Crippen LogP contribution in [0.2, 0.25) is 0 Å². The molecule has 4 aromatic rings. The number of nitriles is 1. The van der Waals surface area contributed by atoms with Crippen molar-refractivity contribution in [1.82, 2.24) is 14.5 Å². The van der Waals surface area contributed by atoms with Crippen LogP contribution >= 0.6 is 0 Å². The molecule has 28 heavy (non-hydrogen) atoms. The van der Waals surface area contributed by atoms with Gasteiger partial charge in [-0.15, -0.1) is 6.58 Å². The SMILES string of the molecule is C=CCn1c(NS(=O)(=O)c2ccccc2)c(C#N)c2nc3ccccc3nc21. The molecule has 0 aliphatic heterocycles. The van der Waals surface area contributed by atoms with Gasteiger partial charge in [-0.2, -0.15) is 5.26 Å². The van der Waals surface area contributed by atoms with Gasteiger partial charge in [0.05, 0.1) is 15.9 Å². The number of benzene rings is 2. The maximum atomic E-state index is 12.8. The Morgan fingerprint density at radius 2 is 1.71 bits per heavy atom. The van der Waals surface area contributed by atoms with E-state index in [0.717, 1.165) is 0 Å². The molecule has 0 unspecified atom stereocenters. The predicted octanol–water partition coefficient (Wildman–Crippen LogP) is 3.44. The number of aromatic nitrogens is 3. The van der Waals surface area contributed by atoms with Crippen molar-refractivity contribution in [2.75, 3.05) is 4.72 Å². The maximum Gasteiger partial charge on any atom is 0.263 e. The van der Waals surface area contributed by atoms with Gasteiger partial charge in [0, 0.05) is 6.54 Å². The summed E-state index contributed by atoms with van der Waals surface area (Å²) in [5.41, 5.74) is 2.16. The van der Waals surface area contributed by atoms with Gasteiger partial charge in [0.15, 0.2) is 5.65 Å². The van der Waals surface area contributed by atoms with Gasteiger partial charge in [-0.1, -0.05) is 36.4 Å². The number of hydrogen-bond acceptors (Lipinski definition) is 5. The Balaban J connectivity index is 1.99. The summed E-state index contributed by atoms with van der Waals surface area (Å²) in [5.74, 6) is 0.122. The highest BCUT2D eigenvalue weighted by Crippen LogP contribution is 2.30. The molecule has 2 aromatic heterocycles. The van der Waals surface area contributed by atoms with Gasteiger partial charge >= 0.3 is 0 Å². The van der Waals surface area contributed by atoms with E-state index in [2.05, 4.69) is 27.3 Å². The van der Waals surface area contributed by atoms with E-state index >= 15 is 0 Å². The van der Waals surface area contributed by atoms with E-state index in [9.17, 15) is 13.7 Å². The highest BCUT2D eigenvalue weighted by Gasteiger charge is 2.24. The normalized spacial score (nSPS) is 11.4. The third-order valence-electron chi connectivity index (χ3n) is 4.26. The quantitative estimate of drug-likeness (QED) is 0.527. The Labute approximate surface area is 161 Å². The molecule has 0 bridgehead atoms. The lowest BCUT2D eigenvalue weighted by atomic mass is 10.2. The van der Waals surface area contributed by atoms with E-state index in [1.165, 1.54) is 12.1 Å². The van der Waals surface area contributed by atoms with Crippen LogP contribution in [0.15, 0.2) is 72.1 Å². The maximum absolute atomic E-state index is 12.8. The van der Waals surface area contributed by atoms with Crippen LogP contribution in [0.1, 0.15) is 5.56 Å². The molecule has 4 rings (SSSR count). The van der Waals surface area contributed by atoms with Crippen LogP contribution < -0.4 is 4.72 Å². The summed E-state index contributed by atoms with van der Waals surface area (Å²) in [7, 11) is -3.89. The lowest BCUT2D eigenvalue weighted by Crippen LogP contribution is -2.16. The molecule has 7 nitrogen and oxygen atoms in total. The molecule has 0 saturated heterocycles. The zero-order valence-electron chi connectivity index (χ0n) is 14.7. The summed E-state index contributed by atoms with van der Waals surface area (Å²) < 4.78 is 29.8. The standard InChI is InChI=1S/C20H15N5O2S/c1-2-12-25-19(24-28(26,27)14-8-4-3-5-9-14)15(13-21)18-20(25)23-17-11-7-6-10-16(17)22-18/h2-11,24H,1,12H2. The number of nitrogens with zero attached hydrogens (tertiary/aromatic N) is 4. The third-order valence-corrected chi connectivity index (χ3v) is 5.61. The molecule has 1 N–H and O–H groups in total. The number of sulfonamides is 1. The second-order valence-electron chi connectivity index (χ2n) is 6.04. The van der Waals surface area contributed by atoms with Crippen molar-refractivity contribution in [1.29, 1.82) is 5.26 Å². The molecule has 2 heterocycles. The molecule has 0 aliphatic carbocycles. The summed E-state index contributed by atoms with van der Waals surface area (Å²) in [5, 5.41) is 9.75. The first kappa shape index (κ1) is 17.7. The lowest BCUT2D eigenvalue weighted by molar-refractivity contribution is 0.600. The smallest absolute Gasteiger partial charge is 0.263 e. The number of anilines is 1. The Bertz CT molecular complexity index is 1350. The Morgan fingerprint density at radius 3 is 2.36 bits per heavy atom. The molecule has 0 aliphatic rings. The summed E-state index contributed by atoms with van der Waals surface area (Å²) in [6.45, 7) is 3.99. The van der Waals surface area contributed by atoms with Crippen LogP contribution in [0.3, 0.4) is 0 Å². The average Bonchev–Trinajstić information content (AvgIpc) is 2.98. The van der Waals surface area contributed by atoms with Crippen molar-refractivity contribution in [3.63, 3.8) is 0 Å². The van der Waals surface area contributed by atoms with Crippen LogP contribution in [0.25, 0.3) is 22.2 Å². The van der Waals surface area contributed by atoms with Crippen molar-refractivity contribution < 1.29 is 8.42 Å². The van der Waals surface area contributed by atoms with E-state index in [4.69, 9.17) is 0 Å². The van der Waals surface area contributed by atoms with Crippen LogP contribution in [-0.4, -0.2) is 23.0 Å².